The van der Waals surface area contributed by atoms with Crippen molar-refractivity contribution in [3.63, 3.8) is 0 Å². The molecular weight excluding hydrogens is 496 g/mol. The van der Waals surface area contributed by atoms with Crippen molar-refractivity contribution >= 4 is 63.3 Å². The van der Waals surface area contributed by atoms with E-state index in [0.717, 1.165) is 10.5 Å². The van der Waals surface area contributed by atoms with Gasteiger partial charge in [-0.1, -0.05) is 48.0 Å². The van der Waals surface area contributed by atoms with Gasteiger partial charge in [-0.25, -0.2) is 4.79 Å². The van der Waals surface area contributed by atoms with Gasteiger partial charge in [0.1, 0.15) is 0 Å². The van der Waals surface area contributed by atoms with Gasteiger partial charge in [0.25, 0.3) is 5.91 Å². The van der Waals surface area contributed by atoms with Gasteiger partial charge in [0.2, 0.25) is 5.91 Å². The van der Waals surface area contributed by atoms with Gasteiger partial charge in [0.15, 0.2) is 0 Å². The Morgan fingerprint density at radius 3 is 2.22 bits per heavy atom. The van der Waals surface area contributed by atoms with Crippen LogP contribution in [0.5, 0.6) is 0 Å². The molecule has 0 heterocycles. The molecule has 4 rings (SSSR count). The van der Waals surface area contributed by atoms with Crippen LogP contribution in [0.2, 0.25) is 5.02 Å². The summed E-state index contributed by atoms with van der Waals surface area (Å²) in [7, 11) is 0. The van der Waals surface area contributed by atoms with Crippen molar-refractivity contribution in [3.8, 4) is 0 Å². The summed E-state index contributed by atoms with van der Waals surface area (Å²) in [5.41, 5.74) is 2.43. The van der Waals surface area contributed by atoms with Gasteiger partial charge in [-0.3, -0.25) is 9.59 Å². The highest BCUT2D eigenvalue weighted by atomic mass is 35.5. The van der Waals surface area contributed by atoms with E-state index in [1.807, 2.05) is 19.1 Å². The van der Waals surface area contributed by atoms with Gasteiger partial charge in [0, 0.05) is 32.2 Å². The third kappa shape index (κ3) is 5.70. The molecule has 0 fully saturated rings. The summed E-state index contributed by atoms with van der Waals surface area (Å²) >= 11 is 7.50. The molecule has 6 nitrogen and oxygen atoms in total. The van der Waals surface area contributed by atoms with Gasteiger partial charge in [-0.15, -0.1) is 11.8 Å². The molecule has 4 aromatic rings. The van der Waals surface area contributed by atoms with Crippen LogP contribution in [0.15, 0.2) is 83.8 Å². The fourth-order valence-electron chi connectivity index (χ4n) is 3.73. The number of hydrogen-bond donors (Lipinski definition) is 3. The Morgan fingerprint density at radius 1 is 0.861 bits per heavy atom. The standard InChI is InChI=1S/C28H23ClN2O4S/c1-16-12-13-20(15-24(16)29)30-26(32)17(2)36-21-9-5-8-19(14-21)31-27(33)22-10-3-6-18-7-4-11-23(25(18)22)28(34)35/h3-15,17H,1-2H3,(H,30,32)(H,31,33)(H,34,35). The SMILES string of the molecule is Cc1ccc(NC(=O)C(C)Sc2cccc(NC(=O)c3cccc4cccc(C(=O)O)c34)c2)cc1Cl. The van der Waals surface area contributed by atoms with Crippen molar-refractivity contribution < 1.29 is 19.5 Å². The number of carbonyl (C=O) groups excluding carboxylic acids is 2. The van der Waals surface area contributed by atoms with Gasteiger partial charge in [0.05, 0.1) is 10.8 Å². The molecule has 0 bridgehead atoms. The lowest BCUT2D eigenvalue weighted by Crippen LogP contribution is -2.22. The highest BCUT2D eigenvalue weighted by molar-refractivity contribution is 8.00. The number of aromatic carboxylic acids is 1. The van der Waals surface area contributed by atoms with Gasteiger partial charge < -0.3 is 15.7 Å². The number of carboxylic acids is 1. The van der Waals surface area contributed by atoms with E-state index >= 15 is 0 Å². The van der Waals surface area contributed by atoms with Crippen LogP contribution in [0.1, 0.15) is 33.2 Å². The summed E-state index contributed by atoms with van der Waals surface area (Å²) in [6.45, 7) is 3.69. The minimum Gasteiger partial charge on any atom is -0.478 e. The molecule has 0 aliphatic carbocycles. The Morgan fingerprint density at radius 2 is 1.53 bits per heavy atom. The maximum atomic E-state index is 13.1. The average Bonchev–Trinajstić information content (AvgIpc) is 2.85. The second-order valence-electron chi connectivity index (χ2n) is 8.21. The van der Waals surface area contributed by atoms with Crippen LogP contribution in [0.25, 0.3) is 10.8 Å². The number of carbonyl (C=O) groups is 3. The number of carboxylic acid groups (broad SMARTS) is 1. The average molecular weight is 519 g/mol. The first-order valence-electron chi connectivity index (χ1n) is 11.1. The van der Waals surface area contributed by atoms with Crippen LogP contribution < -0.4 is 10.6 Å². The van der Waals surface area contributed by atoms with E-state index in [1.54, 1.807) is 67.6 Å². The fraction of sp³-hybridized carbons (Fsp3) is 0.107. The Bertz CT molecular complexity index is 1480. The molecule has 0 spiro atoms. The van der Waals surface area contributed by atoms with Crippen LogP contribution >= 0.6 is 23.4 Å². The summed E-state index contributed by atoms with van der Waals surface area (Å²) in [4.78, 5) is 38.3. The number of rotatable bonds is 7. The number of aryl methyl sites for hydroxylation is 1. The molecule has 0 radical (unpaired) electrons. The Labute approximate surface area is 217 Å². The van der Waals surface area contributed by atoms with E-state index in [0.29, 0.717) is 27.2 Å². The number of fused-ring (bicyclic) bond motifs is 1. The molecular formula is C28H23ClN2O4S. The first kappa shape index (κ1) is 25.3. The number of amides is 2. The zero-order valence-corrected chi connectivity index (χ0v) is 21.1. The molecule has 0 saturated carbocycles. The predicted molar refractivity (Wildman–Crippen MR) is 145 cm³/mol. The maximum absolute atomic E-state index is 13.1. The van der Waals surface area contributed by atoms with Crippen molar-refractivity contribution in [2.45, 2.75) is 24.0 Å². The highest BCUT2D eigenvalue weighted by Crippen LogP contribution is 2.29. The van der Waals surface area contributed by atoms with Gasteiger partial charge in [-0.05, 0) is 67.3 Å². The topological polar surface area (TPSA) is 95.5 Å². The number of nitrogens with one attached hydrogen (secondary N) is 2. The van der Waals surface area contributed by atoms with E-state index in [4.69, 9.17) is 11.6 Å². The summed E-state index contributed by atoms with van der Waals surface area (Å²) < 4.78 is 0. The molecule has 0 aliphatic rings. The van der Waals surface area contributed by atoms with Crippen LogP contribution in [0, 0.1) is 6.92 Å². The van der Waals surface area contributed by atoms with Gasteiger partial charge >= 0.3 is 5.97 Å². The Hall–Kier alpha value is -3.81. The zero-order valence-electron chi connectivity index (χ0n) is 19.5. The molecule has 0 aromatic heterocycles. The summed E-state index contributed by atoms with van der Waals surface area (Å²) in [5, 5.41) is 16.5. The molecule has 0 aliphatic heterocycles. The van der Waals surface area contributed by atoms with Crippen LogP contribution in [-0.2, 0) is 4.79 Å². The lowest BCUT2D eigenvalue weighted by atomic mass is 9.98. The lowest BCUT2D eigenvalue weighted by Gasteiger charge is -2.14. The highest BCUT2D eigenvalue weighted by Gasteiger charge is 2.18. The predicted octanol–water partition coefficient (Wildman–Crippen LogP) is 6.87. The smallest absolute Gasteiger partial charge is 0.336 e. The van der Waals surface area contributed by atoms with Crippen molar-refractivity contribution in [1.82, 2.24) is 0 Å². The quantitative estimate of drug-likeness (QED) is 0.232. The first-order valence-corrected chi connectivity index (χ1v) is 12.4. The van der Waals surface area contributed by atoms with Gasteiger partial charge in [-0.2, -0.15) is 0 Å². The third-order valence-corrected chi connectivity index (χ3v) is 7.09. The first-order chi connectivity index (χ1) is 17.2. The number of benzene rings is 4. The van der Waals surface area contributed by atoms with Crippen molar-refractivity contribution in [2.24, 2.45) is 0 Å². The minimum absolute atomic E-state index is 0.0669. The van der Waals surface area contributed by atoms with E-state index < -0.39 is 17.1 Å². The van der Waals surface area contributed by atoms with Crippen molar-refractivity contribution in [3.05, 3.63) is 101 Å². The molecule has 182 valence electrons. The second-order valence-corrected chi connectivity index (χ2v) is 10.0. The molecule has 36 heavy (non-hydrogen) atoms. The van der Waals surface area contributed by atoms with E-state index in [2.05, 4.69) is 10.6 Å². The Kier molecular flexibility index (Phi) is 7.62. The molecule has 4 aromatic carbocycles. The minimum atomic E-state index is -1.10. The number of halogens is 1. The molecule has 3 N–H and O–H groups in total. The molecule has 0 saturated heterocycles. The Balaban J connectivity index is 1.49. The lowest BCUT2D eigenvalue weighted by molar-refractivity contribution is -0.115. The normalized spacial score (nSPS) is 11.6. The molecule has 8 heteroatoms. The zero-order chi connectivity index (χ0) is 25.8. The summed E-state index contributed by atoms with van der Waals surface area (Å²) in [5.74, 6) is -1.69. The third-order valence-electron chi connectivity index (χ3n) is 5.59. The molecule has 1 atom stereocenters. The van der Waals surface area contributed by atoms with E-state index in [-0.39, 0.29) is 17.0 Å². The fourth-order valence-corrected chi connectivity index (χ4v) is 4.83. The molecule has 1 unspecified atom stereocenters. The summed E-state index contributed by atoms with van der Waals surface area (Å²) in [6, 6.07) is 22.5. The monoisotopic (exact) mass is 518 g/mol. The number of hydrogen-bond acceptors (Lipinski definition) is 4. The number of anilines is 2. The van der Waals surface area contributed by atoms with Crippen molar-refractivity contribution in [1.29, 1.82) is 0 Å². The maximum Gasteiger partial charge on any atom is 0.336 e. The largest absolute Gasteiger partial charge is 0.478 e. The van der Waals surface area contributed by atoms with Crippen LogP contribution in [0.3, 0.4) is 0 Å². The van der Waals surface area contributed by atoms with E-state index in [9.17, 15) is 19.5 Å². The molecule has 2 amide bonds. The van der Waals surface area contributed by atoms with Crippen LogP contribution in [-0.4, -0.2) is 28.1 Å². The summed E-state index contributed by atoms with van der Waals surface area (Å²) in [6.07, 6.45) is 0. The van der Waals surface area contributed by atoms with Crippen LogP contribution in [0.4, 0.5) is 11.4 Å². The second kappa shape index (κ2) is 10.8. The number of thioether (sulfide) groups is 1. The van der Waals surface area contributed by atoms with E-state index in [1.165, 1.54) is 17.8 Å². The van der Waals surface area contributed by atoms with Crippen molar-refractivity contribution in [2.75, 3.05) is 10.6 Å².